The quantitative estimate of drug-likeness (QED) is 0.433. The zero-order chi connectivity index (χ0) is 20.1. The number of nitrogens with zero attached hydrogens (tertiary/aromatic N) is 2. The monoisotopic (exact) mass is 437 g/mol. The largest absolute Gasteiger partial charge is 0.396 e. The normalized spacial score (nSPS) is 11.0. The number of amides is 1. The molecule has 0 spiro atoms. The number of thioether (sulfide) groups is 1. The Morgan fingerprint density at radius 2 is 1.86 bits per heavy atom. The minimum atomic E-state index is -0.323. The number of benzene rings is 2. The molecule has 0 atom stereocenters. The number of aliphatic hydroxyl groups excluding tert-OH is 1. The number of hydrogen-bond acceptors (Lipinski definition) is 5. The molecule has 3 rings (SSSR count). The standard InChI is InChI=1S/C19H17Cl2N3O3S/c20-13-6-3-7-14(21)17(13)23-16(26)11-28-19-22-15-8-2-1-5-12(15)18(27)24(19)9-4-10-25/h1-3,5-8,25H,4,9-11H2,(H,23,26). The van der Waals surface area contributed by atoms with Gasteiger partial charge in [-0.05, 0) is 30.7 Å². The maximum absolute atomic E-state index is 12.8. The Labute approximate surface area is 175 Å². The molecule has 1 heterocycles. The van der Waals surface area contributed by atoms with Gasteiger partial charge < -0.3 is 10.4 Å². The first-order valence-corrected chi connectivity index (χ1v) is 10.2. The molecule has 3 aromatic rings. The molecule has 9 heteroatoms. The van der Waals surface area contributed by atoms with E-state index < -0.39 is 0 Å². The summed E-state index contributed by atoms with van der Waals surface area (Å²) in [6.07, 6.45) is 0.412. The fourth-order valence-corrected chi connectivity index (χ4v) is 3.92. The molecule has 0 aliphatic carbocycles. The zero-order valence-electron chi connectivity index (χ0n) is 14.7. The van der Waals surface area contributed by atoms with Gasteiger partial charge in [0.2, 0.25) is 5.91 Å². The van der Waals surface area contributed by atoms with Crippen LogP contribution in [0.1, 0.15) is 6.42 Å². The van der Waals surface area contributed by atoms with Gasteiger partial charge in [0.25, 0.3) is 5.56 Å². The molecule has 2 N–H and O–H groups in total. The van der Waals surface area contributed by atoms with E-state index >= 15 is 0 Å². The highest BCUT2D eigenvalue weighted by molar-refractivity contribution is 7.99. The van der Waals surface area contributed by atoms with Gasteiger partial charge in [0, 0.05) is 13.2 Å². The van der Waals surface area contributed by atoms with Crippen LogP contribution in [0.2, 0.25) is 10.0 Å². The third kappa shape index (κ3) is 4.67. The van der Waals surface area contributed by atoms with Crippen LogP contribution in [0.15, 0.2) is 52.4 Å². The molecule has 146 valence electrons. The Morgan fingerprint density at radius 3 is 2.57 bits per heavy atom. The molecule has 0 fully saturated rings. The Balaban J connectivity index is 1.83. The molecule has 0 saturated heterocycles. The van der Waals surface area contributed by atoms with Crippen molar-refractivity contribution in [1.29, 1.82) is 0 Å². The number of carbonyl (C=O) groups excluding carboxylic acids is 1. The highest BCUT2D eigenvalue weighted by Gasteiger charge is 2.14. The maximum Gasteiger partial charge on any atom is 0.262 e. The number of hydrogen-bond donors (Lipinski definition) is 2. The van der Waals surface area contributed by atoms with Gasteiger partial charge in [0.15, 0.2) is 5.16 Å². The minimum Gasteiger partial charge on any atom is -0.396 e. The van der Waals surface area contributed by atoms with Crippen molar-refractivity contribution in [1.82, 2.24) is 9.55 Å². The Bertz CT molecular complexity index is 1050. The number of fused-ring (bicyclic) bond motifs is 1. The van der Waals surface area contributed by atoms with Crippen molar-refractivity contribution in [2.75, 3.05) is 17.7 Å². The number of aliphatic hydroxyl groups is 1. The molecule has 28 heavy (non-hydrogen) atoms. The molecule has 0 bridgehead atoms. The average molecular weight is 438 g/mol. The Kier molecular flexibility index (Phi) is 6.96. The third-order valence-electron chi connectivity index (χ3n) is 3.93. The predicted molar refractivity (Wildman–Crippen MR) is 114 cm³/mol. The lowest BCUT2D eigenvalue weighted by Crippen LogP contribution is -2.25. The van der Waals surface area contributed by atoms with Gasteiger partial charge in [-0.1, -0.05) is 53.2 Å². The van der Waals surface area contributed by atoms with Crippen LogP contribution >= 0.6 is 35.0 Å². The summed E-state index contributed by atoms with van der Waals surface area (Å²) < 4.78 is 1.49. The summed E-state index contributed by atoms with van der Waals surface area (Å²) in [4.78, 5) is 29.6. The van der Waals surface area contributed by atoms with Crippen molar-refractivity contribution >= 4 is 57.5 Å². The predicted octanol–water partition coefficient (Wildman–Crippen LogP) is 3.82. The van der Waals surface area contributed by atoms with Crippen molar-refractivity contribution in [2.24, 2.45) is 0 Å². The summed E-state index contributed by atoms with van der Waals surface area (Å²) in [5.41, 5.74) is 0.710. The average Bonchev–Trinajstić information content (AvgIpc) is 2.69. The molecular formula is C19H17Cl2N3O3S. The number of aromatic nitrogens is 2. The number of carbonyl (C=O) groups is 1. The first-order chi connectivity index (χ1) is 13.5. The van der Waals surface area contributed by atoms with Crippen LogP contribution in [0.25, 0.3) is 10.9 Å². The van der Waals surface area contributed by atoms with E-state index in [2.05, 4.69) is 10.3 Å². The van der Waals surface area contributed by atoms with Crippen LogP contribution in [-0.2, 0) is 11.3 Å². The van der Waals surface area contributed by atoms with Crippen LogP contribution < -0.4 is 10.9 Å². The van der Waals surface area contributed by atoms with Crippen LogP contribution in [0.3, 0.4) is 0 Å². The lowest BCUT2D eigenvalue weighted by atomic mass is 10.2. The van der Waals surface area contributed by atoms with E-state index in [0.29, 0.717) is 44.8 Å². The van der Waals surface area contributed by atoms with E-state index in [4.69, 9.17) is 28.3 Å². The highest BCUT2D eigenvalue weighted by Crippen LogP contribution is 2.30. The van der Waals surface area contributed by atoms with Crippen molar-refractivity contribution in [3.8, 4) is 0 Å². The Hall–Kier alpha value is -2.06. The van der Waals surface area contributed by atoms with Gasteiger partial charge in [-0.3, -0.25) is 14.2 Å². The van der Waals surface area contributed by atoms with Crippen LogP contribution in [0.4, 0.5) is 5.69 Å². The molecule has 0 aliphatic rings. The minimum absolute atomic E-state index is 0.0193. The molecule has 2 aromatic carbocycles. The number of para-hydroxylation sites is 2. The molecule has 0 radical (unpaired) electrons. The van der Waals surface area contributed by atoms with E-state index in [1.165, 1.54) is 4.57 Å². The summed E-state index contributed by atoms with van der Waals surface area (Å²) in [6, 6.07) is 12.0. The number of nitrogens with one attached hydrogen (secondary N) is 1. The molecule has 1 aromatic heterocycles. The van der Waals surface area contributed by atoms with E-state index in [-0.39, 0.29) is 23.8 Å². The van der Waals surface area contributed by atoms with Gasteiger partial charge in [0.05, 0.1) is 32.4 Å². The first-order valence-electron chi connectivity index (χ1n) is 8.48. The van der Waals surface area contributed by atoms with Crippen molar-refractivity contribution in [2.45, 2.75) is 18.1 Å². The summed E-state index contributed by atoms with van der Waals surface area (Å²) in [5, 5.41) is 13.4. The molecular weight excluding hydrogens is 421 g/mol. The van der Waals surface area contributed by atoms with Crippen molar-refractivity contribution in [3.63, 3.8) is 0 Å². The van der Waals surface area contributed by atoms with E-state index in [1.807, 2.05) is 0 Å². The summed E-state index contributed by atoms with van der Waals surface area (Å²) >= 11 is 13.3. The number of halogens is 2. The summed E-state index contributed by atoms with van der Waals surface area (Å²) in [7, 11) is 0. The molecule has 0 aliphatic heterocycles. The second kappa shape index (κ2) is 9.43. The molecule has 0 saturated carbocycles. The van der Waals surface area contributed by atoms with Gasteiger partial charge in [-0.25, -0.2) is 4.98 Å². The van der Waals surface area contributed by atoms with Gasteiger partial charge in [0.1, 0.15) is 0 Å². The van der Waals surface area contributed by atoms with E-state index in [9.17, 15) is 9.59 Å². The second-order valence-corrected chi connectivity index (χ2v) is 7.64. The first kappa shape index (κ1) is 20.7. The number of rotatable bonds is 7. The van der Waals surface area contributed by atoms with Crippen LogP contribution in [0, 0.1) is 0 Å². The zero-order valence-corrected chi connectivity index (χ0v) is 17.0. The fraction of sp³-hybridized carbons (Fsp3) is 0.211. The van der Waals surface area contributed by atoms with E-state index in [0.717, 1.165) is 11.8 Å². The second-order valence-electron chi connectivity index (χ2n) is 5.88. The van der Waals surface area contributed by atoms with Gasteiger partial charge in [-0.2, -0.15) is 0 Å². The summed E-state index contributed by atoms with van der Waals surface area (Å²) in [6.45, 7) is 0.266. The Morgan fingerprint density at radius 1 is 1.14 bits per heavy atom. The topological polar surface area (TPSA) is 84.2 Å². The smallest absolute Gasteiger partial charge is 0.262 e. The number of anilines is 1. The van der Waals surface area contributed by atoms with Crippen molar-refractivity contribution in [3.05, 3.63) is 62.9 Å². The highest BCUT2D eigenvalue weighted by atomic mass is 35.5. The van der Waals surface area contributed by atoms with Crippen molar-refractivity contribution < 1.29 is 9.90 Å². The summed E-state index contributed by atoms with van der Waals surface area (Å²) in [5.74, 6) is -0.304. The fourth-order valence-electron chi connectivity index (χ4n) is 2.61. The van der Waals surface area contributed by atoms with Gasteiger partial charge >= 0.3 is 0 Å². The lowest BCUT2D eigenvalue weighted by Gasteiger charge is -2.13. The SMILES string of the molecule is O=C(CSc1nc2ccccc2c(=O)n1CCCO)Nc1c(Cl)cccc1Cl. The van der Waals surface area contributed by atoms with E-state index in [1.54, 1.807) is 42.5 Å². The lowest BCUT2D eigenvalue weighted by molar-refractivity contribution is -0.113. The molecule has 1 amide bonds. The third-order valence-corrected chi connectivity index (χ3v) is 5.53. The van der Waals surface area contributed by atoms with Gasteiger partial charge in [-0.15, -0.1) is 0 Å². The maximum atomic E-state index is 12.8. The molecule has 0 unspecified atom stereocenters. The molecule has 6 nitrogen and oxygen atoms in total. The van der Waals surface area contributed by atoms with Crippen LogP contribution in [0.5, 0.6) is 0 Å². The van der Waals surface area contributed by atoms with Crippen LogP contribution in [-0.4, -0.2) is 32.9 Å².